The molecule has 126 valence electrons. The van der Waals surface area contributed by atoms with Gasteiger partial charge in [0.15, 0.2) is 0 Å². The van der Waals surface area contributed by atoms with Gasteiger partial charge in [-0.3, -0.25) is 9.69 Å². The largest absolute Gasteiger partial charge is 0.494 e. The molecule has 5 heteroatoms. The van der Waals surface area contributed by atoms with Crippen LogP contribution in [0.25, 0.3) is 0 Å². The fourth-order valence-electron chi connectivity index (χ4n) is 3.41. The van der Waals surface area contributed by atoms with Crippen molar-refractivity contribution >= 4 is 5.91 Å². The lowest BCUT2D eigenvalue weighted by atomic mass is 10.0. The van der Waals surface area contributed by atoms with E-state index in [-0.39, 0.29) is 11.9 Å². The van der Waals surface area contributed by atoms with Crippen LogP contribution in [0.2, 0.25) is 0 Å². The topological polar surface area (TPSA) is 42.0 Å². The maximum atomic E-state index is 12.7. The van der Waals surface area contributed by atoms with Crippen molar-refractivity contribution in [1.82, 2.24) is 9.80 Å². The monoisotopic (exact) mass is 318 g/mol. The van der Waals surface area contributed by atoms with E-state index in [9.17, 15) is 4.79 Å². The van der Waals surface area contributed by atoms with Crippen LogP contribution < -0.4 is 4.74 Å². The number of carbonyl (C=O) groups excluding carboxylic acids is 1. The Hall–Kier alpha value is -1.59. The summed E-state index contributed by atoms with van der Waals surface area (Å²) in [6.07, 6.45) is 2.12. The van der Waals surface area contributed by atoms with E-state index in [4.69, 9.17) is 9.47 Å². The lowest BCUT2D eigenvalue weighted by Gasteiger charge is -2.30. The molecular weight excluding hydrogens is 292 g/mol. The summed E-state index contributed by atoms with van der Waals surface area (Å²) in [5.74, 6) is 1.13. The summed E-state index contributed by atoms with van der Waals surface area (Å²) in [4.78, 5) is 16.9. The predicted octanol–water partition coefficient (Wildman–Crippen LogP) is 2.08. The highest BCUT2D eigenvalue weighted by atomic mass is 16.5. The van der Waals surface area contributed by atoms with Crippen LogP contribution in [-0.2, 0) is 9.53 Å². The van der Waals surface area contributed by atoms with Gasteiger partial charge in [-0.15, -0.1) is 0 Å². The van der Waals surface area contributed by atoms with Crippen LogP contribution in [0.5, 0.6) is 5.75 Å². The molecule has 0 aliphatic carbocycles. The van der Waals surface area contributed by atoms with E-state index in [2.05, 4.69) is 17.0 Å². The molecule has 2 saturated heterocycles. The Balaban J connectivity index is 1.63. The lowest BCUT2D eigenvalue weighted by Crippen LogP contribution is -2.44. The van der Waals surface area contributed by atoms with Crippen molar-refractivity contribution in [3.63, 3.8) is 0 Å². The molecule has 2 aliphatic heterocycles. The summed E-state index contributed by atoms with van der Waals surface area (Å²) in [5, 5.41) is 0. The van der Waals surface area contributed by atoms with E-state index in [1.54, 1.807) is 0 Å². The fourth-order valence-corrected chi connectivity index (χ4v) is 3.41. The van der Waals surface area contributed by atoms with Crippen molar-refractivity contribution in [3.05, 3.63) is 29.8 Å². The van der Waals surface area contributed by atoms with E-state index >= 15 is 0 Å². The molecule has 1 aromatic carbocycles. The molecule has 1 unspecified atom stereocenters. The van der Waals surface area contributed by atoms with Gasteiger partial charge < -0.3 is 14.4 Å². The minimum Gasteiger partial charge on any atom is -0.494 e. The summed E-state index contributed by atoms with van der Waals surface area (Å²) in [7, 11) is 0. The van der Waals surface area contributed by atoms with Crippen molar-refractivity contribution in [1.29, 1.82) is 0 Å². The van der Waals surface area contributed by atoms with Gasteiger partial charge in [-0.25, -0.2) is 0 Å². The Bertz CT molecular complexity index is 512. The molecule has 2 heterocycles. The molecule has 1 atom stereocenters. The average molecular weight is 318 g/mol. The highest BCUT2D eigenvalue weighted by Crippen LogP contribution is 2.32. The van der Waals surface area contributed by atoms with Crippen molar-refractivity contribution in [3.8, 4) is 5.75 Å². The summed E-state index contributed by atoms with van der Waals surface area (Å²) >= 11 is 0. The van der Waals surface area contributed by atoms with Gasteiger partial charge in [-0.05, 0) is 37.5 Å². The molecule has 0 N–H and O–H groups in total. The zero-order valence-corrected chi connectivity index (χ0v) is 13.9. The van der Waals surface area contributed by atoms with Crippen molar-refractivity contribution in [2.24, 2.45) is 0 Å². The average Bonchev–Trinajstić information content (AvgIpc) is 3.06. The van der Waals surface area contributed by atoms with Crippen molar-refractivity contribution in [2.75, 3.05) is 46.0 Å². The number of hydrogen-bond donors (Lipinski definition) is 0. The number of nitrogens with zero attached hydrogens (tertiary/aromatic N) is 2. The number of rotatable bonds is 5. The van der Waals surface area contributed by atoms with Gasteiger partial charge in [-0.2, -0.15) is 0 Å². The Morgan fingerprint density at radius 2 is 1.96 bits per heavy atom. The quantitative estimate of drug-likeness (QED) is 0.833. The third kappa shape index (κ3) is 4.03. The van der Waals surface area contributed by atoms with Crippen LogP contribution >= 0.6 is 0 Å². The van der Waals surface area contributed by atoms with Crippen molar-refractivity contribution < 1.29 is 14.3 Å². The van der Waals surface area contributed by atoms with E-state index < -0.39 is 0 Å². The number of carbonyl (C=O) groups is 1. The summed E-state index contributed by atoms with van der Waals surface area (Å²) in [6.45, 7) is 7.20. The number of morpholine rings is 1. The Labute approximate surface area is 138 Å². The maximum absolute atomic E-state index is 12.7. The predicted molar refractivity (Wildman–Crippen MR) is 88.6 cm³/mol. The first-order valence-corrected chi connectivity index (χ1v) is 8.60. The van der Waals surface area contributed by atoms with E-state index in [0.717, 1.165) is 51.4 Å². The van der Waals surface area contributed by atoms with Crippen LogP contribution in [0.4, 0.5) is 0 Å². The number of benzene rings is 1. The molecule has 3 rings (SSSR count). The highest BCUT2D eigenvalue weighted by Gasteiger charge is 2.30. The van der Waals surface area contributed by atoms with Crippen molar-refractivity contribution in [2.45, 2.75) is 25.8 Å². The third-order valence-corrected chi connectivity index (χ3v) is 4.61. The van der Waals surface area contributed by atoms with Gasteiger partial charge in [0.1, 0.15) is 5.75 Å². The minimum atomic E-state index is 0.208. The SMILES string of the molecule is CCOc1ccc(C2CCCN2C(=O)CN2CCOCC2)cc1. The van der Waals surface area contributed by atoms with Gasteiger partial charge >= 0.3 is 0 Å². The Morgan fingerprint density at radius 1 is 1.22 bits per heavy atom. The van der Waals surface area contributed by atoms with Gasteiger partial charge in [0.05, 0.1) is 32.4 Å². The fraction of sp³-hybridized carbons (Fsp3) is 0.611. The number of amides is 1. The van der Waals surface area contributed by atoms with Crippen LogP contribution in [0.1, 0.15) is 31.4 Å². The maximum Gasteiger partial charge on any atom is 0.237 e. The summed E-state index contributed by atoms with van der Waals surface area (Å²) in [5.41, 5.74) is 1.21. The van der Waals surface area contributed by atoms with Crippen LogP contribution in [-0.4, -0.2) is 61.7 Å². The standard InChI is InChI=1S/C18H26N2O3/c1-2-23-16-7-5-15(6-8-16)17-4-3-9-20(17)18(21)14-19-10-12-22-13-11-19/h5-8,17H,2-4,9-14H2,1H3. The van der Waals surface area contributed by atoms with Gasteiger partial charge in [0.25, 0.3) is 0 Å². The normalized spacial score (nSPS) is 22.3. The van der Waals surface area contributed by atoms with Crippen LogP contribution in [0.15, 0.2) is 24.3 Å². The molecule has 0 saturated carbocycles. The first-order chi connectivity index (χ1) is 11.3. The van der Waals surface area contributed by atoms with Crippen LogP contribution in [0, 0.1) is 0 Å². The van der Waals surface area contributed by atoms with E-state index in [1.807, 2.05) is 24.0 Å². The molecule has 5 nitrogen and oxygen atoms in total. The molecule has 0 aromatic heterocycles. The zero-order chi connectivity index (χ0) is 16.1. The van der Waals surface area contributed by atoms with E-state index in [1.165, 1.54) is 5.56 Å². The molecule has 2 fully saturated rings. The lowest BCUT2D eigenvalue weighted by molar-refractivity contribution is -0.134. The molecule has 23 heavy (non-hydrogen) atoms. The third-order valence-electron chi connectivity index (χ3n) is 4.61. The number of ether oxygens (including phenoxy) is 2. The number of hydrogen-bond acceptors (Lipinski definition) is 4. The summed E-state index contributed by atoms with van der Waals surface area (Å²) < 4.78 is 10.8. The zero-order valence-electron chi connectivity index (χ0n) is 13.9. The Morgan fingerprint density at radius 3 is 2.65 bits per heavy atom. The molecule has 2 aliphatic rings. The van der Waals surface area contributed by atoms with Crippen LogP contribution in [0.3, 0.4) is 0 Å². The summed E-state index contributed by atoms with van der Waals surface area (Å²) in [6, 6.07) is 8.40. The van der Waals surface area contributed by atoms with Gasteiger partial charge in [-0.1, -0.05) is 12.1 Å². The second-order valence-corrected chi connectivity index (χ2v) is 6.14. The first-order valence-electron chi connectivity index (χ1n) is 8.60. The van der Waals surface area contributed by atoms with E-state index in [0.29, 0.717) is 13.2 Å². The molecule has 0 bridgehead atoms. The smallest absolute Gasteiger partial charge is 0.237 e. The minimum absolute atomic E-state index is 0.208. The van der Waals surface area contributed by atoms with Gasteiger partial charge in [0.2, 0.25) is 5.91 Å². The molecule has 1 amide bonds. The molecular formula is C18H26N2O3. The second-order valence-electron chi connectivity index (χ2n) is 6.14. The molecule has 1 aromatic rings. The van der Waals surface area contributed by atoms with Gasteiger partial charge in [0, 0.05) is 19.6 Å². The Kier molecular flexibility index (Phi) is 5.51. The molecule has 0 radical (unpaired) electrons. The highest BCUT2D eigenvalue weighted by molar-refractivity contribution is 5.79. The first kappa shape index (κ1) is 16.3. The number of likely N-dealkylation sites (tertiary alicyclic amines) is 1. The second kappa shape index (κ2) is 7.79. The molecule has 0 spiro atoms.